The summed E-state index contributed by atoms with van der Waals surface area (Å²) in [6.07, 6.45) is -3.84. The van der Waals surface area contributed by atoms with Crippen molar-refractivity contribution in [2.75, 3.05) is 5.32 Å². The van der Waals surface area contributed by atoms with Crippen LogP contribution in [0.25, 0.3) is 0 Å². The Kier molecular flexibility index (Phi) is 4.66. The third-order valence-corrected chi connectivity index (χ3v) is 3.73. The predicted molar refractivity (Wildman–Crippen MR) is 71.8 cm³/mol. The molecule has 0 saturated carbocycles. The van der Waals surface area contributed by atoms with E-state index in [1.807, 2.05) is 6.92 Å². The van der Waals surface area contributed by atoms with Crippen molar-refractivity contribution >= 4 is 27.5 Å². The van der Waals surface area contributed by atoms with Gasteiger partial charge in [0.15, 0.2) is 0 Å². The van der Waals surface area contributed by atoms with Crippen LogP contribution in [-0.4, -0.2) is 5.91 Å². The molecule has 0 heterocycles. The van der Waals surface area contributed by atoms with Gasteiger partial charge in [-0.05, 0) is 40.5 Å². The summed E-state index contributed by atoms with van der Waals surface area (Å²) < 4.78 is 38.2. The van der Waals surface area contributed by atoms with E-state index in [-0.39, 0.29) is 11.6 Å². The van der Waals surface area contributed by atoms with Gasteiger partial charge in [0.05, 0.1) is 11.3 Å². The van der Waals surface area contributed by atoms with Crippen LogP contribution >= 0.6 is 15.9 Å². The van der Waals surface area contributed by atoms with Gasteiger partial charge in [-0.25, -0.2) is 0 Å². The smallest absolute Gasteiger partial charge is 0.325 e. The summed E-state index contributed by atoms with van der Waals surface area (Å²) in [5.41, 5.74) is -1.30. The lowest BCUT2D eigenvalue weighted by molar-refractivity contribution is -0.137. The van der Waals surface area contributed by atoms with Gasteiger partial charge < -0.3 is 5.32 Å². The Balaban J connectivity index is 3.05. The molecule has 0 saturated heterocycles. The van der Waals surface area contributed by atoms with E-state index in [0.29, 0.717) is 10.9 Å². The molecule has 1 amide bonds. The number of hydrogen-bond acceptors (Lipinski definition) is 1. The summed E-state index contributed by atoms with van der Waals surface area (Å²) in [6.45, 7) is 5.33. The average Bonchev–Trinajstić information content (AvgIpc) is 2.30. The number of benzene rings is 1. The number of nitrogens with one attached hydrogen (secondary N) is 1. The highest BCUT2D eigenvalue weighted by Gasteiger charge is 2.32. The normalized spacial score (nSPS) is 12.4. The summed E-state index contributed by atoms with van der Waals surface area (Å²) >= 11 is 3.13. The van der Waals surface area contributed by atoms with Crippen LogP contribution in [0.3, 0.4) is 0 Å². The first-order valence-electron chi connectivity index (χ1n) is 5.76. The molecule has 0 aliphatic rings. The minimum atomic E-state index is -4.43. The Morgan fingerprint density at radius 1 is 1.32 bits per heavy atom. The zero-order valence-corrected chi connectivity index (χ0v) is 12.4. The van der Waals surface area contributed by atoms with E-state index in [1.54, 1.807) is 13.8 Å². The number of carbonyl (C=O) groups is 1. The second-order valence-electron chi connectivity index (χ2n) is 4.88. The number of halogens is 4. The Morgan fingerprint density at radius 3 is 2.37 bits per heavy atom. The van der Waals surface area contributed by atoms with E-state index in [1.165, 1.54) is 6.07 Å². The molecule has 0 aliphatic heterocycles. The number of carbonyl (C=O) groups excluding carboxylic acids is 1. The van der Waals surface area contributed by atoms with Gasteiger partial charge in [-0.2, -0.15) is 13.2 Å². The van der Waals surface area contributed by atoms with E-state index in [9.17, 15) is 18.0 Å². The van der Waals surface area contributed by atoms with E-state index in [2.05, 4.69) is 21.2 Å². The molecular formula is C13H15BrF3NO. The Morgan fingerprint density at radius 2 is 1.89 bits per heavy atom. The van der Waals surface area contributed by atoms with E-state index in [0.717, 1.165) is 12.1 Å². The summed E-state index contributed by atoms with van der Waals surface area (Å²) in [7, 11) is 0. The number of anilines is 1. The number of hydrogen-bond donors (Lipinski definition) is 1. The maximum atomic E-state index is 12.6. The maximum absolute atomic E-state index is 12.6. The van der Waals surface area contributed by atoms with Gasteiger partial charge in [0, 0.05) is 9.89 Å². The molecule has 1 aromatic carbocycles. The topological polar surface area (TPSA) is 29.1 Å². The summed E-state index contributed by atoms with van der Waals surface area (Å²) in [5.74, 6) is -0.310. The van der Waals surface area contributed by atoms with Crippen molar-refractivity contribution in [3.05, 3.63) is 28.2 Å². The molecule has 0 aromatic heterocycles. The summed E-state index contributed by atoms with van der Waals surface area (Å²) in [4.78, 5) is 12.0. The molecule has 0 aliphatic carbocycles. The Labute approximate surface area is 118 Å². The minimum absolute atomic E-state index is 0.126. The van der Waals surface area contributed by atoms with Gasteiger partial charge in [-0.3, -0.25) is 4.79 Å². The second-order valence-corrected chi connectivity index (χ2v) is 5.74. The fraction of sp³-hybridized carbons (Fsp3) is 0.462. The van der Waals surface area contributed by atoms with Crippen molar-refractivity contribution in [2.45, 2.75) is 33.4 Å². The molecule has 19 heavy (non-hydrogen) atoms. The van der Waals surface area contributed by atoms with Crippen LogP contribution < -0.4 is 5.32 Å². The number of amides is 1. The fourth-order valence-electron chi connectivity index (χ4n) is 1.25. The van der Waals surface area contributed by atoms with Crippen molar-refractivity contribution in [3.63, 3.8) is 0 Å². The molecule has 0 radical (unpaired) electrons. The molecule has 1 aromatic rings. The number of rotatable bonds is 3. The van der Waals surface area contributed by atoms with Gasteiger partial charge in [0.25, 0.3) is 0 Å². The molecule has 0 spiro atoms. The van der Waals surface area contributed by atoms with Crippen LogP contribution in [0.4, 0.5) is 18.9 Å². The van der Waals surface area contributed by atoms with Crippen molar-refractivity contribution in [1.82, 2.24) is 0 Å². The molecule has 1 N–H and O–H groups in total. The predicted octanol–water partition coefficient (Wildman–Crippen LogP) is 4.84. The van der Waals surface area contributed by atoms with Gasteiger partial charge >= 0.3 is 6.18 Å². The largest absolute Gasteiger partial charge is 0.416 e. The van der Waals surface area contributed by atoms with Gasteiger partial charge in [0.2, 0.25) is 5.91 Å². The lowest BCUT2D eigenvalue weighted by atomic mass is 9.89. The number of alkyl halides is 3. The van der Waals surface area contributed by atoms with Crippen LogP contribution in [-0.2, 0) is 11.0 Å². The SMILES string of the molecule is CCC(C)(C)C(=O)Nc1cc(C(F)(F)F)ccc1Br. The van der Waals surface area contributed by atoms with Gasteiger partial charge in [-0.15, -0.1) is 0 Å². The van der Waals surface area contributed by atoms with Gasteiger partial charge in [0.1, 0.15) is 0 Å². The molecule has 106 valence electrons. The maximum Gasteiger partial charge on any atom is 0.416 e. The molecule has 0 unspecified atom stereocenters. The zero-order valence-electron chi connectivity index (χ0n) is 10.9. The zero-order chi connectivity index (χ0) is 14.8. The lowest BCUT2D eigenvalue weighted by Crippen LogP contribution is -2.30. The first-order valence-corrected chi connectivity index (χ1v) is 6.55. The monoisotopic (exact) mass is 337 g/mol. The molecule has 0 bridgehead atoms. The Bertz CT molecular complexity index is 483. The van der Waals surface area contributed by atoms with Crippen LogP contribution in [0, 0.1) is 5.41 Å². The summed E-state index contributed by atoms with van der Waals surface area (Å²) in [6, 6.07) is 3.16. The van der Waals surface area contributed by atoms with Gasteiger partial charge in [-0.1, -0.05) is 20.8 Å². The molecular weight excluding hydrogens is 323 g/mol. The van der Waals surface area contributed by atoms with Crippen molar-refractivity contribution in [3.8, 4) is 0 Å². The van der Waals surface area contributed by atoms with Crippen molar-refractivity contribution < 1.29 is 18.0 Å². The highest BCUT2D eigenvalue weighted by Crippen LogP contribution is 2.34. The van der Waals surface area contributed by atoms with Crippen molar-refractivity contribution in [1.29, 1.82) is 0 Å². The first-order chi connectivity index (χ1) is 8.58. The van der Waals surface area contributed by atoms with E-state index < -0.39 is 17.2 Å². The Hall–Kier alpha value is -1.04. The molecule has 0 atom stereocenters. The highest BCUT2D eigenvalue weighted by molar-refractivity contribution is 9.10. The molecule has 1 rings (SSSR count). The molecule has 6 heteroatoms. The first kappa shape index (κ1) is 16.0. The third kappa shape index (κ3) is 3.96. The molecule has 2 nitrogen and oxygen atoms in total. The minimum Gasteiger partial charge on any atom is -0.325 e. The summed E-state index contributed by atoms with van der Waals surface area (Å²) in [5, 5.41) is 2.53. The van der Waals surface area contributed by atoms with Crippen LogP contribution in [0.2, 0.25) is 0 Å². The van der Waals surface area contributed by atoms with E-state index in [4.69, 9.17) is 0 Å². The van der Waals surface area contributed by atoms with Crippen LogP contribution in [0.5, 0.6) is 0 Å². The van der Waals surface area contributed by atoms with Crippen LogP contribution in [0.15, 0.2) is 22.7 Å². The fourth-order valence-corrected chi connectivity index (χ4v) is 1.60. The average molecular weight is 338 g/mol. The third-order valence-electron chi connectivity index (χ3n) is 3.04. The quantitative estimate of drug-likeness (QED) is 0.839. The van der Waals surface area contributed by atoms with Crippen molar-refractivity contribution in [2.24, 2.45) is 5.41 Å². The lowest BCUT2D eigenvalue weighted by Gasteiger charge is -2.22. The standard InChI is InChI=1S/C13H15BrF3NO/c1-4-12(2,3)11(19)18-10-7-8(13(15,16)17)5-6-9(10)14/h5-7H,4H2,1-3H3,(H,18,19). The van der Waals surface area contributed by atoms with E-state index >= 15 is 0 Å². The van der Waals surface area contributed by atoms with Crippen LogP contribution in [0.1, 0.15) is 32.8 Å². The highest BCUT2D eigenvalue weighted by atomic mass is 79.9. The molecule has 0 fully saturated rings. The second kappa shape index (κ2) is 5.53.